The van der Waals surface area contributed by atoms with Crippen LogP contribution in [0.15, 0.2) is 24.3 Å². The standard InChI is InChI=1S/C13H19NO.ClH.Na/c1-10-8-12(6-7-14(10)2)11-4-3-5-13(15)9-11;;/h3-5,9-10,12,15H,6-8H2,1-2H3;1H;. The van der Waals surface area contributed by atoms with E-state index in [-0.39, 0.29) is 42.0 Å². The number of piperidine rings is 1. The van der Waals surface area contributed by atoms with E-state index in [9.17, 15) is 5.11 Å². The maximum absolute atomic E-state index is 9.45. The zero-order valence-electron chi connectivity index (χ0n) is 10.9. The molecular weight excluding hydrogens is 245 g/mol. The minimum Gasteiger partial charge on any atom is -0.508 e. The molecule has 17 heavy (non-hydrogen) atoms. The van der Waals surface area contributed by atoms with Crippen molar-refractivity contribution >= 4 is 42.0 Å². The maximum atomic E-state index is 9.45. The summed E-state index contributed by atoms with van der Waals surface area (Å²) in [6.07, 6.45) is 2.39. The van der Waals surface area contributed by atoms with E-state index >= 15 is 0 Å². The Balaban J connectivity index is 0.00000128. The molecule has 1 fully saturated rings. The summed E-state index contributed by atoms with van der Waals surface area (Å²) in [5.74, 6) is 1.00. The van der Waals surface area contributed by atoms with Crippen molar-refractivity contribution in [1.82, 2.24) is 4.90 Å². The van der Waals surface area contributed by atoms with Gasteiger partial charge in [-0.25, -0.2) is 0 Å². The van der Waals surface area contributed by atoms with Gasteiger partial charge in [-0.1, -0.05) is 12.1 Å². The number of benzene rings is 1. The van der Waals surface area contributed by atoms with Gasteiger partial charge in [0.2, 0.25) is 0 Å². The third kappa shape index (κ3) is 4.46. The quantitative estimate of drug-likeness (QED) is 0.789. The van der Waals surface area contributed by atoms with Crippen LogP contribution < -0.4 is 0 Å². The van der Waals surface area contributed by atoms with E-state index in [1.165, 1.54) is 18.4 Å². The molecule has 1 heterocycles. The molecule has 2 unspecified atom stereocenters. The Bertz CT molecular complexity index is 348. The second kappa shape index (κ2) is 7.65. The molecule has 0 aromatic heterocycles. The summed E-state index contributed by atoms with van der Waals surface area (Å²) in [6.45, 7) is 3.43. The van der Waals surface area contributed by atoms with E-state index in [1.54, 1.807) is 6.07 Å². The molecule has 1 aromatic carbocycles. The molecule has 4 heteroatoms. The molecule has 91 valence electrons. The fraction of sp³-hybridized carbons (Fsp3) is 0.538. The first-order valence-corrected chi connectivity index (χ1v) is 5.66. The summed E-state index contributed by atoms with van der Waals surface area (Å²) >= 11 is 0. The monoisotopic (exact) mass is 264 g/mol. The fourth-order valence-corrected chi connectivity index (χ4v) is 2.37. The van der Waals surface area contributed by atoms with Crippen molar-refractivity contribution in [3.05, 3.63) is 29.8 Å². The minimum atomic E-state index is 0. The van der Waals surface area contributed by atoms with Crippen LogP contribution >= 0.6 is 12.4 Å². The zero-order valence-corrected chi connectivity index (χ0v) is 13.7. The van der Waals surface area contributed by atoms with Crippen molar-refractivity contribution < 1.29 is 5.11 Å². The number of phenolic OH excluding ortho intramolecular Hbond substituents is 1. The fourth-order valence-electron chi connectivity index (χ4n) is 2.37. The normalized spacial score (nSPS) is 24.6. The SMILES string of the molecule is CC1CC(c2cccc(O)c2)CCN1C.Cl.[Na]. The second-order valence-corrected chi connectivity index (χ2v) is 4.65. The van der Waals surface area contributed by atoms with Crippen molar-refractivity contribution in [1.29, 1.82) is 0 Å². The van der Waals surface area contributed by atoms with Crippen LogP contribution in [0.4, 0.5) is 0 Å². The van der Waals surface area contributed by atoms with Crippen LogP contribution in [0.2, 0.25) is 0 Å². The Hall–Kier alpha value is 0.270. The number of likely N-dealkylation sites (tertiary alicyclic amines) is 1. The summed E-state index contributed by atoms with van der Waals surface area (Å²) in [6, 6.07) is 8.35. The van der Waals surface area contributed by atoms with E-state index in [4.69, 9.17) is 0 Å². The maximum Gasteiger partial charge on any atom is 0.115 e. The largest absolute Gasteiger partial charge is 0.508 e. The number of aromatic hydroxyl groups is 1. The van der Waals surface area contributed by atoms with Gasteiger partial charge in [-0.05, 0) is 57.0 Å². The predicted octanol–water partition coefficient (Wildman–Crippen LogP) is 2.63. The van der Waals surface area contributed by atoms with Gasteiger partial charge in [-0.15, -0.1) is 12.4 Å². The molecule has 0 amide bonds. The van der Waals surface area contributed by atoms with E-state index in [2.05, 4.69) is 24.9 Å². The summed E-state index contributed by atoms with van der Waals surface area (Å²) in [5, 5.41) is 9.45. The first kappa shape index (κ1) is 17.3. The van der Waals surface area contributed by atoms with Crippen molar-refractivity contribution in [2.24, 2.45) is 0 Å². The van der Waals surface area contributed by atoms with Gasteiger partial charge >= 0.3 is 0 Å². The topological polar surface area (TPSA) is 23.5 Å². The zero-order chi connectivity index (χ0) is 10.8. The molecule has 2 rings (SSSR count). The number of halogens is 1. The van der Waals surface area contributed by atoms with Gasteiger partial charge in [0, 0.05) is 35.6 Å². The molecule has 2 atom stereocenters. The van der Waals surface area contributed by atoms with Crippen LogP contribution in [0.1, 0.15) is 31.2 Å². The van der Waals surface area contributed by atoms with Crippen LogP contribution in [0, 0.1) is 0 Å². The van der Waals surface area contributed by atoms with Crippen molar-refractivity contribution in [3.8, 4) is 5.75 Å². The van der Waals surface area contributed by atoms with Gasteiger partial charge in [0.05, 0.1) is 0 Å². The number of phenols is 1. The summed E-state index contributed by atoms with van der Waals surface area (Å²) in [7, 11) is 2.18. The third-order valence-corrected chi connectivity index (χ3v) is 3.55. The Kier molecular flexibility index (Phi) is 7.77. The number of hydrogen-bond acceptors (Lipinski definition) is 2. The Morgan fingerprint density at radius 2 is 2.06 bits per heavy atom. The molecule has 0 spiro atoms. The van der Waals surface area contributed by atoms with Crippen molar-refractivity contribution in [3.63, 3.8) is 0 Å². The average Bonchev–Trinajstić information content (AvgIpc) is 2.22. The molecule has 1 saturated heterocycles. The summed E-state index contributed by atoms with van der Waals surface area (Å²) in [4.78, 5) is 2.40. The number of hydrogen-bond donors (Lipinski definition) is 1. The number of rotatable bonds is 1. The first-order valence-electron chi connectivity index (χ1n) is 5.66. The first-order chi connectivity index (χ1) is 7.16. The predicted molar refractivity (Wildman–Crippen MR) is 75.2 cm³/mol. The molecular formula is C13H20ClNNaO. The van der Waals surface area contributed by atoms with E-state index in [0.29, 0.717) is 17.7 Å². The van der Waals surface area contributed by atoms with Gasteiger partial charge < -0.3 is 10.0 Å². The smallest absolute Gasteiger partial charge is 0.115 e. The molecule has 0 aliphatic carbocycles. The van der Waals surface area contributed by atoms with Gasteiger partial charge in [-0.2, -0.15) is 0 Å². The Morgan fingerprint density at radius 3 is 2.65 bits per heavy atom. The van der Waals surface area contributed by atoms with Crippen LogP contribution in [-0.4, -0.2) is 59.2 Å². The summed E-state index contributed by atoms with van der Waals surface area (Å²) < 4.78 is 0. The van der Waals surface area contributed by atoms with Gasteiger partial charge in [0.25, 0.3) is 0 Å². The molecule has 1 radical (unpaired) electrons. The summed E-state index contributed by atoms with van der Waals surface area (Å²) in [5.41, 5.74) is 1.29. The molecule has 2 nitrogen and oxygen atoms in total. The van der Waals surface area contributed by atoms with Gasteiger partial charge in [-0.3, -0.25) is 0 Å². The van der Waals surface area contributed by atoms with Crippen LogP contribution in [0.25, 0.3) is 0 Å². The minimum absolute atomic E-state index is 0. The van der Waals surface area contributed by atoms with Crippen LogP contribution in [0.3, 0.4) is 0 Å². The Morgan fingerprint density at radius 1 is 1.35 bits per heavy atom. The van der Waals surface area contributed by atoms with Gasteiger partial charge in [0.15, 0.2) is 0 Å². The van der Waals surface area contributed by atoms with Crippen LogP contribution in [0.5, 0.6) is 5.75 Å². The molecule has 1 aliphatic rings. The number of nitrogens with zero attached hydrogens (tertiary/aromatic N) is 1. The Labute approximate surface area is 132 Å². The molecule has 1 N–H and O–H groups in total. The van der Waals surface area contributed by atoms with Crippen LogP contribution in [-0.2, 0) is 0 Å². The molecule has 0 bridgehead atoms. The van der Waals surface area contributed by atoms with E-state index in [1.807, 2.05) is 12.1 Å². The van der Waals surface area contributed by atoms with E-state index < -0.39 is 0 Å². The van der Waals surface area contributed by atoms with E-state index in [0.717, 1.165) is 6.54 Å². The van der Waals surface area contributed by atoms with Gasteiger partial charge in [0.1, 0.15) is 5.75 Å². The second-order valence-electron chi connectivity index (χ2n) is 4.65. The molecule has 1 aromatic rings. The average molecular weight is 265 g/mol. The molecule has 1 aliphatic heterocycles. The third-order valence-electron chi connectivity index (χ3n) is 3.55. The van der Waals surface area contributed by atoms with Crippen molar-refractivity contribution in [2.75, 3.05) is 13.6 Å². The van der Waals surface area contributed by atoms with Crippen molar-refractivity contribution in [2.45, 2.75) is 31.7 Å². The molecule has 0 saturated carbocycles.